The molecule has 5 rings (SSSR count). The van der Waals surface area contributed by atoms with Crippen molar-refractivity contribution in [2.75, 3.05) is 32.1 Å². The first kappa shape index (κ1) is 24.0. The van der Waals surface area contributed by atoms with Gasteiger partial charge in [0.25, 0.3) is 5.91 Å². The lowest BCUT2D eigenvalue weighted by Crippen LogP contribution is -2.50. The summed E-state index contributed by atoms with van der Waals surface area (Å²) in [6.45, 7) is 6.14. The summed E-state index contributed by atoms with van der Waals surface area (Å²) in [6.07, 6.45) is 5.69. The van der Waals surface area contributed by atoms with Crippen LogP contribution in [-0.2, 0) is 16.1 Å². The van der Waals surface area contributed by atoms with E-state index in [0.29, 0.717) is 34.7 Å². The monoisotopic (exact) mass is 497 g/mol. The van der Waals surface area contributed by atoms with Gasteiger partial charge < -0.3 is 19.9 Å². The molecule has 1 saturated carbocycles. The minimum atomic E-state index is -0.194. The van der Waals surface area contributed by atoms with Crippen LogP contribution < -0.4 is 5.32 Å². The highest BCUT2D eigenvalue weighted by molar-refractivity contribution is 6.33. The normalized spacial score (nSPS) is 18.5. The number of hydrogen-bond acceptors (Lipinski definition) is 6. The molecule has 186 valence electrons. The Hall–Kier alpha value is -2.71. The average Bonchev–Trinajstić information content (AvgIpc) is 3.67. The molecule has 3 heterocycles. The van der Waals surface area contributed by atoms with Gasteiger partial charge in [-0.3, -0.25) is 9.59 Å². The molecule has 0 bridgehead atoms. The molecule has 1 aliphatic carbocycles. The van der Waals surface area contributed by atoms with Crippen molar-refractivity contribution in [3.8, 4) is 11.3 Å². The van der Waals surface area contributed by atoms with Gasteiger partial charge in [0, 0.05) is 49.5 Å². The molecule has 1 N–H and O–H groups in total. The summed E-state index contributed by atoms with van der Waals surface area (Å²) in [5, 5.41) is 3.79. The smallest absolute Gasteiger partial charge is 0.254 e. The quantitative estimate of drug-likeness (QED) is 0.622. The first-order chi connectivity index (χ1) is 16.7. The first-order valence-corrected chi connectivity index (χ1v) is 12.7. The lowest BCUT2D eigenvalue weighted by atomic mass is 9.96. The van der Waals surface area contributed by atoms with E-state index in [9.17, 15) is 9.59 Å². The van der Waals surface area contributed by atoms with Gasteiger partial charge in [-0.05, 0) is 57.1 Å². The molecule has 0 radical (unpaired) electrons. The van der Waals surface area contributed by atoms with Crippen molar-refractivity contribution < 1.29 is 14.3 Å². The Balaban J connectivity index is 1.31. The number of amides is 2. The van der Waals surface area contributed by atoms with Crippen molar-refractivity contribution in [2.45, 2.75) is 57.7 Å². The summed E-state index contributed by atoms with van der Waals surface area (Å²) in [5.41, 5.74) is 2.63. The van der Waals surface area contributed by atoms with Gasteiger partial charge in [0.2, 0.25) is 11.9 Å². The number of anilines is 1. The fourth-order valence-electron chi connectivity index (χ4n) is 4.95. The Labute approximate surface area is 211 Å². The van der Waals surface area contributed by atoms with Gasteiger partial charge in [-0.25, -0.2) is 9.97 Å². The lowest BCUT2D eigenvalue weighted by Gasteiger charge is -2.37. The summed E-state index contributed by atoms with van der Waals surface area (Å²) < 4.78 is 5.42. The van der Waals surface area contributed by atoms with Gasteiger partial charge in [-0.2, -0.15) is 0 Å². The average molecular weight is 498 g/mol. The van der Waals surface area contributed by atoms with Crippen molar-refractivity contribution in [2.24, 2.45) is 5.92 Å². The molecule has 3 aliphatic rings. The van der Waals surface area contributed by atoms with Crippen molar-refractivity contribution in [1.82, 2.24) is 19.8 Å². The molecular weight excluding hydrogens is 466 g/mol. The summed E-state index contributed by atoms with van der Waals surface area (Å²) in [5.74, 6) is 0.870. The topological polar surface area (TPSA) is 87.7 Å². The Morgan fingerprint density at radius 2 is 2.00 bits per heavy atom. The van der Waals surface area contributed by atoms with Gasteiger partial charge >= 0.3 is 0 Å². The predicted octanol–water partition coefficient (Wildman–Crippen LogP) is 3.99. The Kier molecular flexibility index (Phi) is 6.44. The molecule has 2 aromatic rings. The van der Waals surface area contributed by atoms with E-state index >= 15 is 0 Å². The molecular formula is C26H32ClN5O3. The van der Waals surface area contributed by atoms with Crippen molar-refractivity contribution in [1.29, 1.82) is 0 Å². The Morgan fingerprint density at radius 1 is 1.26 bits per heavy atom. The number of aromatic nitrogens is 2. The van der Waals surface area contributed by atoms with Gasteiger partial charge in [-0.1, -0.05) is 23.7 Å². The van der Waals surface area contributed by atoms with E-state index in [1.165, 1.54) is 0 Å². The van der Waals surface area contributed by atoms with Crippen LogP contribution in [0.15, 0.2) is 24.4 Å². The van der Waals surface area contributed by atoms with Gasteiger partial charge in [0.05, 0.1) is 16.9 Å². The molecule has 35 heavy (non-hydrogen) atoms. The number of nitrogens with zero attached hydrogens (tertiary/aromatic N) is 4. The summed E-state index contributed by atoms with van der Waals surface area (Å²) in [6, 6.07) is 5.93. The van der Waals surface area contributed by atoms with Crippen molar-refractivity contribution >= 4 is 29.4 Å². The second kappa shape index (κ2) is 9.39. The number of likely N-dealkylation sites (N-methyl/N-ethyl adjacent to an activating group) is 1. The van der Waals surface area contributed by atoms with Crippen LogP contribution in [0.1, 0.15) is 55.5 Å². The van der Waals surface area contributed by atoms with E-state index in [4.69, 9.17) is 16.3 Å². The zero-order valence-electron chi connectivity index (χ0n) is 20.5. The predicted molar refractivity (Wildman–Crippen MR) is 134 cm³/mol. The van der Waals surface area contributed by atoms with Crippen LogP contribution in [0.5, 0.6) is 0 Å². The van der Waals surface area contributed by atoms with Gasteiger partial charge in [0.15, 0.2) is 0 Å². The maximum atomic E-state index is 13.2. The van der Waals surface area contributed by atoms with Crippen LogP contribution in [0, 0.1) is 5.92 Å². The van der Waals surface area contributed by atoms with E-state index in [-0.39, 0.29) is 29.9 Å². The minimum Gasteiger partial charge on any atom is -0.381 e. The molecule has 2 fully saturated rings. The van der Waals surface area contributed by atoms with Gasteiger partial charge in [0.1, 0.15) is 6.54 Å². The van der Waals surface area contributed by atoms with E-state index in [1.807, 2.05) is 25.2 Å². The molecule has 9 heteroatoms. The third-order valence-electron chi connectivity index (χ3n) is 7.70. The van der Waals surface area contributed by atoms with E-state index in [0.717, 1.165) is 50.0 Å². The number of ether oxygens (including phenoxy) is 1. The standard InChI is InChI=1S/C26H32ClN5O3/c1-26(2,18-6-7-18)31(3)22(33)15-32-14-17-5-4-16(12-20(17)24(32)34)23-21(27)13-28-25(30-23)29-19-8-10-35-11-9-19/h4-5,12-13,18-19H,6-11,14-15H2,1-3H3,(H,28,29,30). The zero-order chi connectivity index (χ0) is 24.7. The Bertz CT molecular complexity index is 1140. The number of carbonyl (C=O) groups excluding carboxylic acids is 2. The van der Waals surface area contributed by atoms with Crippen LogP contribution in [0.25, 0.3) is 11.3 Å². The van der Waals surface area contributed by atoms with E-state index < -0.39 is 0 Å². The molecule has 1 aromatic carbocycles. The second-order valence-electron chi connectivity index (χ2n) is 10.3. The number of halogens is 1. The highest BCUT2D eigenvalue weighted by atomic mass is 35.5. The summed E-state index contributed by atoms with van der Waals surface area (Å²) in [7, 11) is 1.84. The largest absolute Gasteiger partial charge is 0.381 e. The molecule has 8 nitrogen and oxygen atoms in total. The summed E-state index contributed by atoms with van der Waals surface area (Å²) in [4.78, 5) is 38.6. The van der Waals surface area contributed by atoms with E-state index in [2.05, 4.69) is 29.1 Å². The molecule has 0 unspecified atom stereocenters. The second-order valence-corrected chi connectivity index (χ2v) is 10.7. The van der Waals surface area contributed by atoms with Crippen LogP contribution in [0.2, 0.25) is 5.02 Å². The van der Waals surface area contributed by atoms with Crippen molar-refractivity contribution in [3.05, 3.63) is 40.5 Å². The van der Waals surface area contributed by atoms with Gasteiger partial charge in [-0.15, -0.1) is 0 Å². The fourth-order valence-corrected chi connectivity index (χ4v) is 5.15. The maximum Gasteiger partial charge on any atom is 0.254 e. The van der Waals surface area contributed by atoms with E-state index in [1.54, 1.807) is 16.0 Å². The lowest BCUT2D eigenvalue weighted by molar-refractivity contribution is -0.136. The number of carbonyl (C=O) groups is 2. The fraction of sp³-hybridized carbons (Fsp3) is 0.538. The molecule has 1 aromatic heterocycles. The van der Waals surface area contributed by atoms with Crippen molar-refractivity contribution in [3.63, 3.8) is 0 Å². The zero-order valence-corrected chi connectivity index (χ0v) is 21.3. The highest BCUT2D eigenvalue weighted by Gasteiger charge is 2.43. The summed E-state index contributed by atoms with van der Waals surface area (Å²) >= 11 is 6.45. The van der Waals surface area contributed by atoms with Crippen LogP contribution in [0.4, 0.5) is 5.95 Å². The number of fused-ring (bicyclic) bond motifs is 1. The number of hydrogen-bond donors (Lipinski definition) is 1. The number of rotatable bonds is 7. The molecule has 0 atom stereocenters. The molecule has 1 saturated heterocycles. The van der Waals surface area contributed by atoms with Crippen LogP contribution in [-0.4, -0.2) is 70.0 Å². The van der Waals surface area contributed by atoms with Crippen LogP contribution in [0.3, 0.4) is 0 Å². The third kappa shape index (κ3) is 4.86. The minimum absolute atomic E-state index is 0.0362. The number of benzene rings is 1. The third-order valence-corrected chi connectivity index (χ3v) is 7.98. The first-order valence-electron chi connectivity index (χ1n) is 12.3. The Morgan fingerprint density at radius 3 is 2.71 bits per heavy atom. The molecule has 2 amide bonds. The SMILES string of the molecule is CN(C(=O)CN1Cc2ccc(-c3nc(NC4CCOCC4)ncc3Cl)cc2C1=O)C(C)(C)C1CC1. The highest BCUT2D eigenvalue weighted by Crippen LogP contribution is 2.42. The molecule has 0 spiro atoms. The maximum absolute atomic E-state index is 13.2. The number of nitrogens with one attached hydrogen (secondary N) is 1. The van der Waals surface area contributed by atoms with Crippen LogP contribution >= 0.6 is 11.6 Å². The molecule has 2 aliphatic heterocycles.